The second kappa shape index (κ2) is 7.38. The molecule has 22 heavy (non-hydrogen) atoms. The molecule has 6 heteroatoms. The van der Waals surface area contributed by atoms with Crippen molar-refractivity contribution in [1.29, 1.82) is 0 Å². The first-order chi connectivity index (χ1) is 10.5. The summed E-state index contributed by atoms with van der Waals surface area (Å²) in [6.45, 7) is 5.24. The van der Waals surface area contributed by atoms with Gasteiger partial charge < -0.3 is 25.0 Å². The number of rotatable bonds is 5. The highest BCUT2D eigenvalue weighted by Gasteiger charge is 2.30. The van der Waals surface area contributed by atoms with Gasteiger partial charge in [0, 0.05) is 5.69 Å². The molecule has 1 saturated heterocycles. The van der Waals surface area contributed by atoms with E-state index in [-0.39, 0.29) is 12.3 Å². The van der Waals surface area contributed by atoms with Crippen molar-refractivity contribution < 1.29 is 24.5 Å². The molecule has 1 heterocycles. The summed E-state index contributed by atoms with van der Waals surface area (Å²) in [5, 5.41) is 14.2. The van der Waals surface area contributed by atoms with Crippen LogP contribution in [-0.4, -0.2) is 51.1 Å². The van der Waals surface area contributed by atoms with Crippen LogP contribution >= 0.6 is 0 Å². The van der Waals surface area contributed by atoms with Crippen molar-refractivity contribution in [1.82, 2.24) is 0 Å². The molecule has 1 aromatic carbocycles. The molecule has 1 atom stereocenters. The van der Waals surface area contributed by atoms with Gasteiger partial charge in [-0.25, -0.2) is 0 Å². The number of benzene rings is 1. The number of para-hydroxylation sites is 1. The predicted octanol–water partition coefficient (Wildman–Crippen LogP) is -3.14. The summed E-state index contributed by atoms with van der Waals surface area (Å²) in [6.07, 6.45) is -0.0505. The van der Waals surface area contributed by atoms with E-state index in [2.05, 4.69) is 12.4 Å². The van der Waals surface area contributed by atoms with Crippen molar-refractivity contribution in [2.75, 3.05) is 38.5 Å². The maximum absolute atomic E-state index is 12.2. The van der Waals surface area contributed by atoms with Gasteiger partial charge in [0.1, 0.15) is 32.2 Å². The van der Waals surface area contributed by atoms with Crippen LogP contribution in [0, 0.1) is 6.92 Å². The number of piperazine rings is 1. The SMILES string of the molecule is Cc1ccccc1NC(=O)C[C@H](C(=O)[O-])[NH+]1CC[NH+](C)CC1. The minimum atomic E-state index is -1.14. The van der Waals surface area contributed by atoms with E-state index in [9.17, 15) is 14.7 Å². The third-order valence-electron chi connectivity index (χ3n) is 4.33. The molecule has 3 N–H and O–H groups in total. The number of carboxylic acids is 1. The molecular weight excluding hydrogens is 282 g/mol. The van der Waals surface area contributed by atoms with Gasteiger partial charge in [-0.05, 0) is 18.6 Å². The summed E-state index contributed by atoms with van der Waals surface area (Å²) >= 11 is 0. The summed E-state index contributed by atoms with van der Waals surface area (Å²) in [5.74, 6) is -1.42. The lowest BCUT2D eigenvalue weighted by Gasteiger charge is -2.33. The number of anilines is 1. The number of aryl methyl sites for hydroxylation is 1. The second-order valence-electron chi connectivity index (χ2n) is 6.05. The van der Waals surface area contributed by atoms with Gasteiger partial charge in [-0.15, -0.1) is 0 Å². The molecule has 0 spiro atoms. The van der Waals surface area contributed by atoms with Crippen molar-refractivity contribution in [2.24, 2.45) is 0 Å². The maximum atomic E-state index is 12.2. The molecule has 0 unspecified atom stereocenters. The zero-order chi connectivity index (χ0) is 16.1. The Kier molecular flexibility index (Phi) is 5.51. The van der Waals surface area contributed by atoms with Gasteiger partial charge >= 0.3 is 0 Å². The summed E-state index contributed by atoms with van der Waals surface area (Å²) in [6, 6.07) is 6.67. The van der Waals surface area contributed by atoms with Crippen LogP contribution in [0.3, 0.4) is 0 Å². The Balaban J connectivity index is 1.97. The van der Waals surface area contributed by atoms with Gasteiger partial charge in [-0.1, -0.05) is 18.2 Å². The predicted molar refractivity (Wildman–Crippen MR) is 80.5 cm³/mol. The van der Waals surface area contributed by atoms with E-state index in [1.54, 1.807) is 0 Å². The van der Waals surface area contributed by atoms with E-state index in [0.29, 0.717) is 0 Å². The molecule has 1 amide bonds. The van der Waals surface area contributed by atoms with Gasteiger partial charge in [0.25, 0.3) is 0 Å². The number of nitrogens with one attached hydrogen (secondary N) is 3. The zero-order valence-corrected chi connectivity index (χ0v) is 13.1. The molecule has 1 aliphatic heterocycles. The van der Waals surface area contributed by atoms with Gasteiger partial charge in [-0.3, -0.25) is 4.79 Å². The Morgan fingerprint density at radius 2 is 1.86 bits per heavy atom. The van der Waals surface area contributed by atoms with E-state index in [1.807, 2.05) is 31.2 Å². The number of hydrogen-bond donors (Lipinski definition) is 3. The number of hydrogen-bond acceptors (Lipinski definition) is 3. The average Bonchev–Trinajstić information content (AvgIpc) is 2.48. The van der Waals surface area contributed by atoms with Crippen LogP contribution in [0.15, 0.2) is 24.3 Å². The Bertz CT molecular complexity index is 539. The third-order valence-corrected chi connectivity index (χ3v) is 4.33. The molecule has 0 radical (unpaired) electrons. The molecule has 6 nitrogen and oxygen atoms in total. The van der Waals surface area contributed by atoms with Crippen LogP contribution in [0.2, 0.25) is 0 Å². The number of aliphatic carboxylic acids is 1. The highest BCUT2D eigenvalue weighted by molar-refractivity contribution is 5.93. The van der Waals surface area contributed by atoms with Crippen LogP contribution in [0.25, 0.3) is 0 Å². The summed E-state index contributed by atoms with van der Waals surface area (Å²) in [5.41, 5.74) is 1.68. The van der Waals surface area contributed by atoms with Crippen LogP contribution in [0.4, 0.5) is 5.69 Å². The van der Waals surface area contributed by atoms with Crippen molar-refractivity contribution in [3.63, 3.8) is 0 Å². The number of carboxylic acid groups (broad SMARTS) is 1. The van der Waals surface area contributed by atoms with Crippen LogP contribution in [0.1, 0.15) is 12.0 Å². The van der Waals surface area contributed by atoms with Gasteiger partial charge in [-0.2, -0.15) is 0 Å². The fourth-order valence-corrected chi connectivity index (χ4v) is 2.84. The monoisotopic (exact) mass is 306 g/mol. The number of amides is 1. The molecule has 0 saturated carbocycles. The fourth-order valence-electron chi connectivity index (χ4n) is 2.84. The van der Waals surface area contributed by atoms with Crippen molar-refractivity contribution >= 4 is 17.6 Å². The topological polar surface area (TPSA) is 78.1 Å². The Morgan fingerprint density at radius 3 is 2.45 bits per heavy atom. The molecule has 0 aromatic heterocycles. The summed E-state index contributed by atoms with van der Waals surface area (Å²) < 4.78 is 0. The molecule has 0 bridgehead atoms. The molecule has 1 fully saturated rings. The summed E-state index contributed by atoms with van der Waals surface area (Å²) in [4.78, 5) is 25.9. The zero-order valence-electron chi connectivity index (χ0n) is 13.1. The second-order valence-corrected chi connectivity index (χ2v) is 6.05. The van der Waals surface area contributed by atoms with E-state index in [0.717, 1.165) is 42.3 Å². The van der Waals surface area contributed by atoms with Gasteiger partial charge in [0.2, 0.25) is 5.91 Å². The molecule has 1 aliphatic rings. The molecule has 0 aliphatic carbocycles. The number of carbonyl (C=O) groups is 2. The van der Waals surface area contributed by atoms with E-state index < -0.39 is 12.0 Å². The summed E-state index contributed by atoms with van der Waals surface area (Å²) in [7, 11) is 2.09. The van der Waals surface area contributed by atoms with Crippen molar-refractivity contribution in [3.8, 4) is 0 Å². The first kappa shape index (κ1) is 16.5. The van der Waals surface area contributed by atoms with Crippen molar-refractivity contribution in [2.45, 2.75) is 19.4 Å². The lowest BCUT2D eigenvalue weighted by atomic mass is 10.1. The number of carbonyl (C=O) groups excluding carboxylic acids is 2. The minimum Gasteiger partial charge on any atom is -0.544 e. The van der Waals surface area contributed by atoms with Gasteiger partial charge in [0.05, 0.1) is 19.4 Å². The van der Waals surface area contributed by atoms with E-state index in [4.69, 9.17) is 0 Å². The Morgan fingerprint density at radius 1 is 1.23 bits per heavy atom. The van der Waals surface area contributed by atoms with Crippen LogP contribution < -0.4 is 20.2 Å². The third kappa shape index (κ3) is 4.29. The molecule has 120 valence electrons. The lowest BCUT2D eigenvalue weighted by molar-refractivity contribution is -1.01. The molecule has 2 rings (SSSR count). The van der Waals surface area contributed by atoms with Crippen LogP contribution in [0.5, 0.6) is 0 Å². The number of quaternary nitrogens is 2. The van der Waals surface area contributed by atoms with Crippen LogP contribution in [-0.2, 0) is 9.59 Å². The fraction of sp³-hybridized carbons (Fsp3) is 0.500. The number of likely N-dealkylation sites (N-methyl/N-ethyl adjacent to an activating group) is 1. The quantitative estimate of drug-likeness (QED) is 0.538. The Hall–Kier alpha value is -1.92. The van der Waals surface area contributed by atoms with Crippen molar-refractivity contribution in [3.05, 3.63) is 29.8 Å². The largest absolute Gasteiger partial charge is 0.544 e. The first-order valence-corrected chi connectivity index (χ1v) is 7.69. The van der Waals surface area contributed by atoms with E-state index >= 15 is 0 Å². The smallest absolute Gasteiger partial charge is 0.230 e. The standard InChI is InChI=1S/C16H23N3O3/c1-12-5-3-4-6-13(12)17-15(20)11-14(16(21)22)19-9-7-18(2)8-10-19/h3-6,14H,7-11H2,1-2H3,(H,17,20)(H,21,22)/p+1/t14-/m1/s1. The van der Waals surface area contributed by atoms with E-state index in [1.165, 1.54) is 4.90 Å². The highest BCUT2D eigenvalue weighted by Crippen LogP contribution is 2.13. The maximum Gasteiger partial charge on any atom is 0.230 e. The Labute approximate surface area is 130 Å². The lowest BCUT2D eigenvalue weighted by Crippen LogP contribution is -3.29. The van der Waals surface area contributed by atoms with Gasteiger partial charge in [0.15, 0.2) is 0 Å². The first-order valence-electron chi connectivity index (χ1n) is 7.69. The average molecular weight is 306 g/mol. The minimum absolute atomic E-state index is 0.0505. The normalized spacial score (nSPS) is 22.8. The highest BCUT2D eigenvalue weighted by atomic mass is 16.4. The molecular formula is C16H24N3O3+. The molecule has 1 aromatic rings.